The van der Waals surface area contributed by atoms with E-state index in [1.54, 1.807) is 6.07 Å². The Balaban J connectivity index is 2.02. The Morgan fingerprint density at radius 3 is 3.00 bits per heavy atom. The summed E-state index contributed by atoms with van der Waals surface area (Å²) in [5.41, 5.74) is 7.15. The van der Waals surface area contributed by atoms with Gasteiger partial charge in [-0.2, -0.15) is 11.8 Å². The van der Waals surface area contributed by atoms with Crippen LogP contribution in [-0.4, -0.2) is 17.4 Å². The Bertz CT molecular complexity index is 405. The summed E-state index contributed by atoms with van der Waals surface area (Å²) in [6.07, 6.45) is 0.979. The van der Waals surface area contributed by atoms with Crippen LogP contribution in [0, 0.1) is 5.92 Å². The van der Waals surface area contributed by atoms with Crippen molar-refractivity contribution in [2.24, 2.45) is 5.92 Å². The molecule has 86 valence electrons. The maximum absolute atomic E-state index is 11.8. The molecular weight excluding hydrogens is 288 g/mol. The second-order valence-electron chi connectivity index (χ2n) is 3.79. The lowest BCUT2D eigenvalue weighted by Crippen LogP contribution is -2.22. The molecule has 1 saturated heterocycles. The second kappa shape index (κ2) is 5.10. The lowest BCUT2D eigenvalue weighted by Gasteiger charge is -2.10. The van der Waals surface area contributed by atoms with Crippen molar-refractivity contribution < 1.29 is 4.79 Å². The molecule has 1 atom stereocenters. The largest absolute Gasteiger partial charge is 0.398 e. The normalized spacial score (nSPS) is 19.7. The van der Waals surface area contributed by atoms with Crippen molar-refractivity contribution in [3.63, 3.8) is 0 Å². The number of anilines is 2. The lowest BCUT2D eigenvalue weighted by molar-refractivity contribution is -0.119. The zero-order valence-electron chi connectivity index (χ0n) is 8.70. The summed E-state index contributed by atoms with van der Waals surface area (Å²) < 4.78 is 0.811. The van der Waals surface area contributed by atoms with Crippen LogP contribution >= 0.6 is 27.7 Å². The molecule has 0 radical (unpaired) electrons. The first-order valence-corrected chi connectivity index (χ1v) is 7.05. The predicted molar refractivity (Wildman–Crippen MR) is 72.6 cm³/mol. The van der Waals surface area contributed by atoms with Crippen LogP contribution in [0.3, 0.4) is 0 Å². The minimum Gasteiger partial charge on any atom is -0.398 e. The fourth-order valence-electron chi connectivity index (χ4n) is 1.59. The van der Waals surface area contributed by atoms with Gasteiger partial charge in [0.15, 0.2) is 0 Å². The Morgan fingerprint density at radius 1 is 1.56 bits per heavy atom. The van der Waals surface area contributed by atoms with E-state index in [9.17, 15) is 4.79 Å². The molecule has 0 aliphatic carbocycles. The van der Waals surface area contributed by atoms with Crippen LogP contribution in [0.2, 0.25) is 0 Å². The molecule has 3 N–H and O–H groups in total. The number of halogens is 1. The van der Waals surface area contributed by atoms with Gasteiger partial charge in [0.05, 0.1) is 0 Å². The van der Waals surface area contributed by atoms with Gasteiger partial charge in [0.25, 0.3) is 0 Å². The first-order valence-electron chi connectivity index (χ1n) is 5.10. The molecule has 0 bridgehead atoms. The summed E-state index contributed by atoms with van der Waals surface area (Å²) in [5.74, 6) is 2.29. The van der Waals surface area contributed by atoms with Crippen LogP contribution in [0.5, 0.6) is 0 Å². The van der Waals surface area contributed by atoms with Crippen molar-refractivity contribution in [1.29, 1.82) is 0 Å². The number of thioether (sulfide) groups is 1. The molecule has 1 unspecified atom stereocenters. The number of nitrogens with two attached hydrogens (primary N) is 1. The highest BCUT2D eigenvalue weighted by atomic mass is 79.9. The third kappa shape index (κ3) is 2.71. The average molecular weight is 301 g/mol. The Kier molecular flexibility index (Phi) is 3.76. The number of hydrogen-bond acceptors (Lipinski definition) is 3. The second-order valence-corrected chi connectivity index (χ2v) is 5.79. The van der Waals surface area contributed by atoms with Gasteiger partial charge in [-0.15, -0.1) is 0 Å². The maximum Gasteiger partial charge on any atom is 0.228 e. The van der Waals surface area contributed by atoms with Crippen molar-refractivity contribution in [1.82, 2.24) is 0 Å². The van der Waals surface area contributed by atoms with Gasteiger partial charge in [-0.3, -0.25) is 4.79 Å². The van der Waals surface area contributed by atoms with E-state index in [-0.39, 0.29) is 11.8 Å². The molecule has 0 spiro atoms. The molecule has 3 nitrogen and oxygen atoms in total. The SMILES string of the molecule is Nc1ccc(NC(=O)C2CCSC2)cc1Br. The van der Waals surface area contributed by atoms with Gasteiger partial charge in [-0.25, -0.2) is 0 Å². The average Bonchev–Trinajstić information content (AvgIpc) is 2.77. The van der Waals surface area contributed by atoms with Crippen LogP contribution in [0.25, 0.3) is 0 Å². The smallest absolute Gasteiger partial charge is 0.228 e. The van der Waals surface area contributed by atoms with E-state index >= 15 is 0 Å². The monoisotopic (exact) mass is 300 g/mol. The number of carbonyl (C=O) groups is 1. The number of benzene rings is 1. The molecule has 1 aliphatic heterocycles. The number of amides is 1. The molecule has 1 fully saturated rings. The third-order valence-corrected chi connectivity index (χ3v) is 4.42. The molecule has 1 heterocycles. The maximum atomic E-state index is 11.8. The Hall–Kier alpha value is -0.680. The number of rotatable bonds is 2. The van der Waals surface area contributed by atoms with Gasteiger partial charge in [-0.1, -0.05) is 0 Å². The van der Waals surface area contributed by atoms with E-state index in [1.165, 1.54) is 0 Å². The predicted octanol–water partition coefficient (Wildman–Crippen LogP) is 2.72. The van der Waals surface area contributed by atoms with Gasteiger partial charge < -0.3 is 11.1 Å². The summed E-state index contributed by atoms with van der Waals surface area (Å²) in [6, 6.07) is 5.43. The molecule has 16 heavy (non-hydrogen) atoms. The fourth-order valence-corrected chi connectivity index (χ4v) is 3.19. The molecule has 1 aromatic carbocycles. The molecule has 2 rings (SSSR count). The van der Waals surface area contributed by atoms with Crippen LogP contribution in [-0.2, 0) is 4.79 Å². The third-order valence-electron chi connectivity index (χ3n) is 2.57. The summed E-state index contributed by atoms with van der Waals surface area (Å²) in [6.45, 7) is 0. The summed E-state index contributed by atoms with van der Waals surface area (Å²) >= 11 is 5.18. The standard InChI is InChI=1S/C11H13BrN2OS/c12-9-5-8(1-2-10(9)13)14-11(15)7-3-4-16-6-7/h1-2,5,7H,3-4,6,13H2,(H,14,15). The zero-order valence-corrected chi connectivity index (χ0v) is 11.1. The lowest BCUT2D eigenvalue weighted by atomic mass is 10.1. The van der Waals surface area contributed by atoms with Crippen molar-refractivity contribution in [2.75, 3.05) is 22.6 Å². The minimum absolute atomic E-state index is 0.113. The highest BCUT2D eigenvalue weighted by Gasteiger charge is 2.23. The minimum atomic E-state index is 0.113. The number of nitrogen functional groups attached to an aromatic ring is 1. The highest BCUT2D eigenvalue weighted by molar-refractivity contribution is 9.10. The first-order chi connectivity index (χ1) is 7.66. The van der Waals surface area contributed by atoms with E-state index in [0.717, 1.165) is 28.1 Å². The van der Waals surface area contributed by atoms with Gasteiger partial charge >= 0.3 is 0 Å². The topological polar surface area (TPSA) is 55.1 Å². The Morgan fingerprint density at radius 2 is 2.38 bits per heavy atom. The highest BCUT2D eigenvalue weighted by Crippen LogP contribution is 2.26. The van der Waals surface area contributed by atoms with E-state index in [0.29, 0.717) is 5.69 Å². The summed E-state index contributed by atoms with van der Waals surface area (Å²) in [5, 5.41) is 2.91. The fraction of sp³-hybridized carbons (Fsp3) is 0.364. The summed E-state index contributed by atoms with van der Waals surface area (Å²) in [4.78, 5) is 11.8. The van der Waals surface area contributed by atoms with Crippen molar-refractivity contribution >= 4 is 45.0 Å². The Labute approximate surface area is 107 Å². The zero-order chi connectivity index (χ0) is 11.5. The first kappa shape index (κ1) is 11.8. The van der Waals surface area contributed by atoms with Gasteiger partial charge in [0.1, 0.15) is 0 Å². The molecule has 0 saturated carbocycles. The van der Waals surface area contributed by atoms with Gasteiger partial charge in [-0.05, 0) is 46.3 Å². The summed E-state index contributed by atoms with van der Waals surface area (Å²) in [7, 11) is 0. The molecular formula is C11H13BrN2OS. The van der Waals surface area contributed by atoms with Gasteiger partial charge in [0.2, 0.25) is 5.91 Å². The van der Waals surface area contributed by atoms with E-state index < -0.39 is 0 Å². The van der Waals surface area contributed by atoms with Crippen LogP contribution in [0.1, 0.15) is 6.42 Å². The van der Waals surface area contributed by atoms with Crippen molar-refractivity contribution in [3.8, 4) is 0 Å². The van der Waals surface area contributed by atoms with Gasteiger partial charge in [0, 0.05) is 27.5 Å². The van der Waals surface area contributed by atoms with Crippen molar-refractivity contribution in [2.45, 2.75) is 6.42 Å². The van der Waals surface area contributed by atoms with Crippen LogP contribution in [0.15, 0.2) is 22.7 Å². The van der Waals surface area contributed by atoms with Crippen LogP contribution in [0.4, 0.5) is 11.4 Å². The molecule has 1 aliphatic rings. The van der Waals surface area contributed by atoms with E-state index in [2.05, 4.69) is 21.2 Å². The van der Waals surface area contributed by atoms with E-state index in [1.807, 2.05) is 23.9 Å². The number of hydrogen-bond donors (Lipinski definition) is 2. The molecule has 1 aromatic rings. The molecule has 1 amide bonds. The number of carbonyl (C=O) groups excluding carboxylic acids is 1. The number of nitrogens with one attached hydrogen (secondary N) is 1. The van der Waals surface area contributed by atoms with E-state index in [4.69, 9.17) is 5.73 Å². The van der Waals surface area contributed by atoms with Crippen LogP contribution < -0.4 is 11.1 Å². The quantitative estimate of drug-likeness (QED) is 0.826. The van der Waals surface area contributed by atoms with Crippen molar-refractivity contribution in [3.05, 3.63) is 22.7 Å². The molecule has 0 aromatic heterocycles. The molecule has 5 heteroatoms.